The number of aromatic nitrogens is 2. The number of hydrogen-bond donors (Lipinski definition) is 1. The van der Waals surface area contributed by atoms with Crippen LogP contribution in [0.1, 0.15) is 34.0 Å². The van der Waals surface area contributed by atoms with E-state index in [0.29, 0.717) is 5.75 Å². The summed E-state index contributed by atoms with van der Waals surface area (Å²) in [6.07, 6.45) is 0. The van der Waals surface area contributed by atoms with Crippen molar-refractivity contribution in [3.63, 3.8) is 0 Å². The molecule has 6 heteroatoms. The molecule has 112 valence electrons. The number of thioether (sulfide) groups is 1. The Balaban J connectivity index is 2.02. The van der Waals surface area contributed by atoms with Crippen molar-refractivity contribution in [3.05, 3.63) is 34.4 Å². The molecular formula is C15H19N3OS2. The van der Waals surface area contributed by atoms with Crippen LogP contribution < -0.4 is 5.32 Å². The van der Waals surface area contributed by atoms with Crippen LogP contribution >= 0.6 is 23.1 Å². The number of nitrogens with one attached hydrogen (secondary N) is 1. The summed E-state index contributed by atoms with van der Waals surface area (Å²) in [5.74, 6) is 0.533. The summed E-state index contributed by atoms with van der Waals surface area (Å²) < 4.78 is 0.820. The van der Waals surface area contributed by atoms with Crippen LogP contribution in [0.15, 0.2) is 16.5 Å². The van der Waals surface area contributed by atoms with E-state index in [1.54, 1.807) is 0 Å². The molecule has 4 nitrogen and oxygen atoms in total. The van der Waals surface area contributed by atoms with E-state index in [9.17, 15) is 4.79 Å². The van der Waals surface area contributed by atoms with Crippen LogP contribution in [-0.4, -0.2) is 28.3 Å². The van der Waals surface area contributed by atoms with E-state index in [4.69, 9.17) is 0 Å². The molecule has 0 radical (unpaired) electrons. The van der Waals surface area contributed by atoms with Crippen molar-refractivity contribution in [2.24, 2.45) is 0 Å². The SMILES string of the molecule is CCNc1nnc(SCC(=O)c2cc(C)c(C)cc2C)s1. The first-order chi connectivity index (χ1) is 10.0. The summed E-state index contributed by atoms with van der Waals surface area (Å²) in [7, 11) is 0. The van der Waals surface area contributed by atoms with Crippen molar-refractivity contribution < 1.29 is 4.79 Å². The van der Waals surface area contributed by atoms with Crippen LogP contribution in [0.25, 0.3) is 0 Å². The lowest BCUT2D eigenvalue weighted by Gasteiger charge is -2.08. The van der Waals surface area contributed by atoms with E-state index in [2.05, 4.69) is 28.5 Å². The first-order valence-electron chi connectivity index (χ1n) is 6.82. The van der Waals surface area contributed by atoms with Gasteiger partial charge in [0.1, 0.15) is 0 Å². The first-order valence-corrected chi connectivity index (χ1v) is 8.62. The number of ketones is 1. The number of benzene rings is 1. The molecule has 21 heavy (non-hydrogen) atoms. The van der Waals surface area contributed by atoms with Crippen molar-refractivity contribution in [2.75, 3.05) is 17.6 Å². The van der Waals surface area contributed by atoms with Gasteiger partial charge in [0, 0.05) is 12.1 Å². The number of hydrogen-bond acceptors (Lipinski definition) is 6. The Kier molecular flexibility index (Phi) is 5.36. The molecule has 1 N–H and O–H groups in total. The highest BCUT2D eigenvalue weighted by Crippen LogP contribution is 2.26. The lowest BCUT2D eigenvalue weighted by atomic mass is 9.99. The molecule has 2 rings (SSSR count). The van der Waals surface area contributed by atoms with E-state index in [-0.39, 0.29) is 5.78 Å². The second kappa shape index (κ2) is 7.04. The van der Waals surface area contributed by atoms with Crippen LogP contribution in [0, 0.1) is 20.8 Å². The summed E-state index contributed by atoms with van der Waals surface area (Å²) in [6.45, 7) is 8.92. The standard InChI is InChI=1S/C15H19N3OS2/c1-5-16-14-17-18-15(21-14)20-8-13(19)12-7-10(3)9(2)6-11(12)4/h6-7H,5,8H2,1-4H3,(H,16,17). The molecule has 0 aliphatic carbocycles. The minimum atomic E-state index is 0.140. The zero-order valence-electron chi connectivity index (χ0n) is 12.7. The maximum atomic E-state index is 12.4. The third kappa shape index (κ3) is 4.04. The van der Waals surface area contributed by atoms with Crippen LogP contribution in [0.5, 0.6) is 0 Å². The molecule has 0 bridgehead atoms. The third-order valence-electron chi connectivity index (χ3n) is 3.20. The molecule has 0 saturated carbocycles. The molecule has 0 spiro atoms. The van der Waals surface area contributed by atoms with Gasteiger partial charge in [0.15, 0.2) is 10.1 Å². The molecule has 0 saturated heterocycles. The largest absolute Gasteiger partial charge is 0.360 e. The summed E-state index contributed by atoms with van der Waals surface area (Å²) in [5, 5.41) is 12.0. The van der Waals surface area contributed by atoms with Crippen molar-refractivity contribution in [1.82, 2.24) is 10.2 Å². The van der Waals surface area contributed by atoms with Gasteiger partial charge in [-0.15, -0.1) is 10.2 Å². The van der Waals surface area contributed by atoms with E-state index >= 15 is 0 Å². The van der Waals surface area contributed by atoms with Crippen molar-refractivity contribution in [1.29, 1.82) is 0 Å². The predicted molar refractivity (Wildman–Crippen MR) is 89.8 cm³/mol. The minimum absolute atomic E-state index is 0.140. The van der Waals surface area contributed by atoms with E-state index in [1.807, 2.05) is 26.8 Å². The Labute approximate surface area is 133 Å². The highest BCUT2D eigenvalue weighted by molar-refractivity contribution is 8.01. The van der Waals surface area contributed by atoms with Gasteiger partial charge in [-0.2, -0.15) is 0 Å². The van der Waals surface area contributed by atoms with Crippen LogP contribution in [0.3, 0.4) is 0 Å². The minimum Gasteiger partial charge on any atom is -0.360 e. The summed E-state index contributed by atoms with van der Waals surface area (Å²) in [5.41, 5.74) is 4.21. The monoisotopic (exact) mass is 321 g/mol. The number of anilines is 1. The topological polar surface area (TPSA) is 54.9 Å². The molecule has 1 heterocycles. The Morgan fingerprint density at radius 3 is 2.62 bits per heavy atom. The Morgan fingerprint density at radius 1 is 1.19 bits per heavy atom. The van der Waals surface area contributed by atoms with Gasteiger partial charge in [-0.05, 0) is 50.5 Å². The van der Waals surface area contributed by atoms with Crippen LogP contribution in [0.4, 0.5) is 5.13 Å². The average Bonchev–Trinajstić information content (AvgIpc) is 2.88. The second-order valence-electron chi connectivity index (χ2n) is 4.87. The van der Waals surface area contributed by atoms with E-state index < -0.39 is 0 Å². The summed E-state index contributed by atoms with van der Waals surface area (Å²) >= 11 is 2.93. The summed E-state index contributed by atoms with van der Waals surface area (Å²) in [6, 6.07) is 4.05. The molecule has 0 fully saturated rings. The lowest BCUT2D eigenvalue weighted by molar-refractivity contribution is 0.102. The molecule has 0 aliphatic heterocycles. The second-order valence-corrected chi connectivity index (χ2v) is 7.07. The molecule has 0 unspecified atom stereocenters. The fraction of sp³-hybridized carbons (Fsp3) is 0.400. The summed E-state index contributed by atoms with van der Waals surface area (Å²) in [4.78, 5) is 12.4. The van der Waals surface area contributed by atoms with Crippen molar-refractivity contribution >= 4 is 34.0 Å². The number of rotatable bonds is 6. The van der Waals surface area contributed by atoms with Gasteiger partial charge in [-0.1, -0.05) is 29.2 Å². The number of nitrogens with zero attached hydrogens (tertiary/aromatic N) is 2. The van der Waals surface area contributed by atoms with Crippen molar-refractivity contribution in [2.45, 2.75) is 32.0 Å². The van der Waals surface area contributed by atoms with Gasteiger partial charge in [-0.25, -0.2) is 0 Å². The zero-order chi connectivity index (χ0) is 15.4. The van der Waals surface area contributed by atoms with Gasteiger partial charge in [-0.3, -0.25) is 4.79 Å². The van der Waals surface area contributed by atoms with Gasteiger partial charge >= 0.3 is 0 Å². The molecule has 0 aliphatic rings. The molecular weight excluding hydrogens is 302 g/mol. The third-order valence-corrected chi connectivity index (χ3v) is 5.22. The van der Waals surface area contributed by atoms with Gasteiger partial charge in [0.05, 0.1) is 5.75 Å². The molecule has 0 atom stereocenters. The number of carbonyl (C=O) groups is 1. The molecule has 1 aromatic heterocycles. The number of Topliss-reactive ketones (excluding diaryl/α,β-unsaturated/α-hetero) is 1. The average molecular weight is 321 g/mol. The zero-order valence-corrected chi connectivity index (χ0v) is 14.3. The Hall–Kier alpha value is -1.40. The quantitative estimate of drug-likeness (QED) is 0.646. The lowest BCUT2D eigenvalue weighted by Crippen LogP contribution is -2.06. The first kappa shape index (κ1) is 16.0. The smallest absolute Gasteiger partial charge is 0.206 e. The Bertz CT molecular complexity index is 652. The van der Waals surface area contributed by atoms with Crippen molar-refractivity contribution in [3.8, 4) is 0 Å². The highest BCUT2D eigenvalue weighted by atomic mass is 32.2. The van der Waals surface area contributed by atoms with Gasteiger partial charge in [0.25, 0.3) is 0 Å². The van der Waals surface area contributed by atoms with E-state index in [1.165, 1.54) is 28.7 Å². The van der Waals surface area contributed by atoms with Crippen LogP contribution in [0.2, 0.25) is 0 Å². The maximum absolute atomic E-state index is 12.4. The molecule has 2 aromatic rings. The number of aryl methyl sites for hydroxylation is 3. The normalized spacial score (nSPS) is 10.7. The van der Waals surface area contributed by atoms with Gasteiger partial charge < -0.3 is 5.32 Å². The maximum Gasteiger partial charge on any atom is 0.206 e. The number of carbonyl (C=O) groups excluding carboxylic acids is 1. The fourth-order valence-corrected chi connectivity index (χ4v) is 3.66. The fourth-order valence-electron chi connectivity index (χ4n) is 1.96. The van der Waals surface area contributed by atoms with Gasteiger partial charge in [0.2, 0.25) is 5.13 Å². The molecule has 1 aromatic carbocycles. The highest BCUT2D eigenvalue weighted by Gasteiger charge is 2.13. The predicted octanol–water partition coefficient (Wildman–Crippen LogP) is 3.87. The molecule has 0 amide bonds. The Morgan fingerprint density at radius 2 is 1.90 bits per heavy atom. The van der Waals surface area contributed by atoms with E-state index in [0.717, 1.165) is 32.7 Å². The van der Waals surface area contributed by atoms with Crippen LogP contribution in [-0.2, 0) is 0 Å².